The number of fused-ring (bicyclic) bond motifs is 3. The Morgan fingerprint density at radius 3 is 2.24 bits per heavy atom. The Kier molecular flexibility index (Phi) is 6.62. The van der Waals surface area contributed by atoms with Crippen molar-refractivity contribution in [2.24, 2.45) is 17.6 Å². The highest BCUT2D eigenvalue weighted by molar-refractivity contribution is 6.24. The number of phenolic OH excluding ortho intramolecular Hbond substituents is 1. The van der Waals surface area contributed by atoms with Gasteiger partial charge < -0.3 is 31.1 Å². The number of nitro benzene ring substituents is 1. The van der Waals surface area contributed by atoms with Gasteiger partial charge in [0.05, 0.1) is 16.5 Å². The molecule has 3 aliphatic carbocycles. The zero-order valence-corrected chi connectivity index (χ0v) is 23.3. The summed E-state index contributed by atoms with van der Waals surface area (Å²) in [6.45, 7) is 0. The van der Waals surface area contributed by atoms with Gasteiger partial charge in [0.1, 0.15) is 17.1 Å². The molecule has 0 unspecified atom stereocenters. The molecule has 4 atom stereocenters. The number of hydrogen-bond donors (Lipinski definition) is 5. The first-order valence-electron chi connectivity index (χ1n) is 13.1. The van der Waals surface area contributed by atoms with E-state index in [0.717, 1.165) is 5.69 Å². The number of ketones is 2. The van der Waals surface area contributed by atoms with Crippen molar-refractivity contribution in [1.82, 2.24) is 4.90 Å². The number of aliphatic hydroxyl groups excluding tert-OH is 2. The zero-order valence-electron chi connectivity index (χ0n) is 23.3. The Labute approximate surface area is 239 Å². The fourth-order valence-corrected chi connectivity index (χ4v) is 6.63. The molecule has 3 aliphatic rings. The van der Waals surface area contributed by atoms with E-state index in [4.69, 9.17) is 5.73 Å². The molecule has 1 saturated carbocycles. The average Bonchev–Trinajstić information content (AvgIpc) is 2.90. The number of aliphatic hydroxyl groups is 3. The quantitative estimate of drug-likeness (QED) is 0.196. The van der Waals surface area contributed by atoms with Crippen LogP contribution in [0, 0.1) is 22.0 Å². The van der Waals surface area contributed by atoms with E-state index in [1.165, 1.54) is 25.1 Å². The van der Waals surface area contributed by atoms with E-state index < -0.39 is 74.4 Å². The zero-order chi connectivity index (χ0) is 31.0. The lowest BCUT2D eigenvalue weighted by atomic mass is 9.57. The molecular weight excluding hydrogens is 548 g/mol. The molecule has 42 heavy (non-hydrogen) atoms. The molecule has 0 saturated heterocycles. The maximum atomic E-state index is 14.0. The average molecular weight is 579 g/mol. The Morgan fingerprint density at radius 2 is 1.71 bits per heavy atom. The van der Waals surface area contributed by atoms with Gasteiger partial charge in [-0.3, -0.25) is 29.4 Å². The molecule has 2 aromatic rings. The van der Waals surface area contributed by atoms with E-state index in [1.54, 1.807) is 24.3 Å². The van der Waals surface area contributed by atoms with Crippen molar-refractivity contribution in [3.8, 4) is 16.9 Å². The summed E-state index contributed by atoms with van der Waals surface area (Å²) in [7, 11) is 6.73. The van der Waals surface area contributed by atoms with Crippen LogP contribution < -0.4 is 10.6 Å². The molecule has 1 fully saturated rings. The van der Waals surface area contributed by atoms with E-state index in [2.05, 4.69) is 0 Å². The first-order chi connectivity index (χ1) is 19.6. The highest BCUT2D eigenvalue weighted by atomic mass is 16.6. The van der Waals surface area contributed by atoms with E-state index >= 15 is 0 Å². The number of nitrogens with two attached hydrogens (primary N) is 1. The molecule has 220 valence electrons. The number of phenols is 1. The van der Waals surface area contributed by atoms with Gasteiger partial charge >= 0.3 is 5.69 Å². The number of carbonyl (C=O) groups is 3. The van der Waals surface area contributed by atoms with Crippen molar-refractivity contribution >= 4 is 34.6 Å². The number of aromatic hydroxyl groups is 1. The monoisotopic (exact) mass is 578 g/mol. The van der Waals surface area contributed by atoms with Crippen LogP contribution in [0.3, 0.4) is 0 Å². The van der Waals surface area contributed by atoms with Crippen molar-refractivity contribution in [2.75, 3.05) is 33.1 Å². The van der Waals surface area contributed by atoms with Crippen LogP contribution in [0.1, 0.15) is 17.5 Å². The number of nitro groups is 1. The molecule has 6 N–H and O–H groups in total. The van der Waals surface area contributed by atoms with Gasteiger partial charge in [0.2, 0.25) is 11.5 Å². The minimum atomic E-state index is -2.80. The standard InChI is InChI=1S/C29H30N4O9/c1-31(2)14-7-5-12(6-8-14)15-11-18(33(41)42)23(34)20-16(15)9-13-10-17-22(32(3)4)25(36)21(28(30)39)27(38)29(17,40)26(37)19(13)24(20)35/h5-8,11,13,17,22,34-35,38,40H,9-10H2,1-4H3,(H2,30,39)/t13-,17-,22-,29+/m1/s1. The molecule has 0 radical (unpaired) electrons. The van der Waals surface area contributed by atoms with Crippen LogP contribution >= 0.6 is 0 Å². The number of Topliss-reactive ketones (excluding diaryl/α,β-unsaturated/α-hetero) is 2. The van der Waals surface area contributed by atoms with Crippen molar-refractivity contribution < 1.29 is 39.7 Å². The van der Waals surface area contributed by atoms with E-state index in [1.807, 2.05) is 19.0 Å². The lowest BCUT2D eigenvalue weighted by Crippen LogP contribution is -2.65. The maximum absolute atomic E-state index is 14.0. The molecule has 1 amide bonds. The first kappa shape index (κ1) is 28.8. The third-order valence-corrected chi connectivity index (χ3v) is 8.59. The largest absolute Gasteiger partial charge is 0.508 e. The van der Waals surface area contributed by atoms with Crippen LogP contribution in [0.4, 0.5) is 11.4 Å². The van der Waals surface area contributed by atoms with Crippen molar-refractivity contribution in [3.05, 3.63) is 68.5 Å². The summed E-state index contributed by atoms with van der Waals surface area (Å²) < 4.78 is 0. The molecule has 5 rings (SSSR count). The molecule has 0 aromatic heterocycles. The minimum Gasteiger partial charge on any atom is -0.508 e. The topological polar surface area (TPSA) is 208 Å². The van der Waals surface area contributed by atoms with Crippen molar-refractivity contribution in [3.63, 3.8) is 0 Å². The summed E-state index contributed by atoms with van der Waals surface area (Å²) in [5.74, 6) is -8.28. The lowest BCUT2D eigenvalue weighted by molar-refractivity contribution is -0.385. The number of amides is 1. The smallest absolute Gasteiger partial charge is 0.312 e. The van der Waals surface area contributed by atoms with Crippen LogP contribution in [-0.2, 0) is 20.8 Å². The van der Waals surface area contributed by atoms with Crippen LogP contribution in [0.2, 0.25) is 0 Å². The second-order valence-electron chi connectivity index (χ2n) is 11.3. The third-order valence-electron chi connectivity index (χ3n) is 8.59. The van der Waals surface area contributed by atoms with Gasteiger partial charge in [-0.2, -0.15) is 0 Å². The van der Waals surface area contributed by atoms with Gasteiger partial charge in [0, 0.05) is 37.3 Å². The summed E-state index contributed by atoms with van der Waals surface area (Å²) in [6, 6.07) is 7.07. The Hall–Kier alpha value is -4.75. The van der Waals surface area contributed by atoms with Gasteiger partial charge in [-0.05, 0) is 61.7 Å². The minimum absolute atomic E-state index is 0.00482. The van der Waals surface area contributed by atoms with Crippen LogP contribution in [-0.4, -0.2) is 87.6 Å². The normalized spacial score (nSPS) is 25.2. The number of hydrogen-bond acceptors (Lipinski definition) is 11. The lowest BCUT2D eigenvalue weighted by Gasteiger charge is -2.50. The molecule has 13 nitrogen and oxygen atoms in total. The number of anilines is 1. The number of nitrogens with zero attached hydrogens (tertiary/aromatic N) is 3. The molecule has 0 spiro atoms. The molecule has 13 heteroatoms. The van der Waals surface area contributed by atoms with E-state index in [9.17, 15) is 44.9 Å². The number of likely N-dealkylation sites (N-methyl/N-ethyl adjacent to an activating group) is 1. The van der Waals surface area contributed by atoms with E-state index in [0.29, 0.717) is 16.7 Å². The molecule has 2 aromatic carbocycles. The number of benzene rings is 2. The van der Waals surface area contributed by atoms with Gasteiger partial charge in [-0.1, -0.05) is 12.1 Å². The fraction of sp³-hybridized carbons (Fsp3) is 0.345. The van der Waals surface area contributed by atoms with Gasteiger partial charge in [-0.25, -0.2) is 0 Å². The summed E-state index contributed by atoms with van der Waals surface area (Å²) in [4.78, 5) is 53.8. The third kappa shape index (κ3) is 3.88. The van der Waals surface area contributed by atoms with Crippen molar-refractivity contribution in [1.29, 1.82) is 0 Å². The van der Waals surface area contributed by atoms with Crippen LogP contribution in [0.25, 0.3) is 16.9 Å². The molecular formula is C29H30N4O9. The van der Waals surface area contributed by atoms with Gasteiger partial charge in [0.25, 0.3) is 5.91 Å². The van der Waals surface area contributed by atoms with Crippen molar-refractivity contribution in [2.45, 2.75) is 24.5 Å². The summed E-state index contributed by atoms with van der Waals surface area (Å²) in [6.07, 6.45) is -0.0899. The molecule has 0 heterocycles. The highest BCUT2D eigenvalue weighted by Crippen LogP contribution is 2.54. The summed E-state index contributed by atoms with van der Waals surface area (Å²) in [5.41, 5.74) is 2.30. The number of rotatable bonds is 5. The Morgan fingerprint density at radius 1 is 1.10 bits per heavy atom. The fourth-order valence-electron chi connectivity index (χ4n) is 6.63. The predicted octanol–water partition coefficient (Wildman–Crippen LogP) is 1.61. The summed E-state index contributed by atoms with van der Waals surface area (Å²) >= 11 is 0. The molecule has 0 aliphatic heterocycles. The highest BCUT2D eigenvalue weighted by Gasteiger charge is 2.64. The first-order valence-corrected chi connectivity index (χ1v) is 13.1. The Bertz CT molecular complexity index is 1640. The van der Waals surface area contributed by atoms with E-state index in [-0.39, 0.29) is 24.0 Å². The number of primary amides is 1. The number of carbonyl (C=O) groups excluding carboxylic acids is 3. The SMILES string of the molecule is CN(C)c1ccc(-c2cc([N+](=O)[O-])c(O)c3c2C[C@@H]2C[C@@H]4[C@@H](N(C)C)C(=O)C(C(N)=O)=C(O)[C@@]4(O)C(=O)C2=C3O)cc1. The second-order valence-corrected chi connectivity index (χ2v) is 11.3. The van der Waals surface area contributed by atoms with Gasteiger partial charge in [-0.15, -0.1) is 0 Å². The van der Waals surface area contributed by atoms with Crippen LogP contribution in [0.5, 0.6) is 5.75 Å². The van der Waals surface area contributed by atoms with Crippen LogP contribution in [0.15, 0.2) is 47.2 Å². The summed E-state index contributed by atoms with van der Waals surface area (Å²) in [5, 5.41) is 57.1. The van der Waals surface area contributed by atoms with Gasteiger partial charge in [0.15, 0.2) is 11.4 Å². The Balaban J connectivity index is 1.77. The second kappa shape index (κ2) is 9.67. The maximum Gasteiger partial charge on any atom is 0.312 e. The predicted molar refractivity (Wildman–Crippen MR) is 151 cm³/mol. The molecule has 0 bridgehead atoms.